The van der Waals surface area contributed by atoms with Gasteiger partial charge in [-0.1, -0.05) is 84.7 Å². The minimum Gasteiger partial charge on any atom is -0.286 e. The number of thioether (sulfide) groups is 1. The van der Waals surface area contributed by atoms with Crippen molar-refractivity contribution in [2.75, 3.05) is 18.5 Å². The van der Waals surface area contributed by atoms with Gasteiger partial charge in [0.1, 0.15) is 0 Å². The summed E-state index contributed by atoms with van der Waals surface area (Å²) in [4.78, 5) is 13.6. The molecule has 0 radical (unpaired) electrons. The Morgan fingerprint density at radius 2 is 1.32 bits per heavy atom. The standard InChI is InChI=1S/C25H44OPS/c1-7-11-18-27(19-12-8-2,20-13-9-3)21-22-14-16-23(17-15-22)28-24(26)25(5,6)10-4/h14-17H,7-13,18-21H2,1-6H3/q+1. The van der Waals surface area contributed by atoms with Crippen LogP contribution in [0.3, 0.4) is 0 Å². The van der Waals surface area contributed by atoms with E-state index in [9.17, 15) is 4.79 Å². The van der Waals surface area contributed by atoms with Gasteiger partial charge in [-0.05, 0) is 43.4 Å². The zero-order valence-electron chi connectivity index (χ0n) is 19.4. The van der Waals surface area contributed by atoms with E-state index >= 15 is 0 Å². The van der Waals surface area contributed by atoms with Crippen LogP contribution in [0.1, 0.15) is 92.1 Å². The number of hydrogen-bond donors (Lipinski definition) is 0. The molecule has 0 atom stereocenters. The Kier molecular flexibility index (Phi) is 12.0. The van der Waals surface area contributed by atoms with Gasteiger partial charge in [-0.3, -0.25) is 4.79 Å². The lowest BCUT2D eigenvalue weighted by Crippen LogP contribution is -2.19. The van der Waals surface area contributed by atoms with E-state index in [-0.39, 0.29) is 10.5 Å². The van der Waals surface area contributed by atoms with Crippen LogP contribution in [0.25, 0.3) is 0 Å². The zero-order valence-corrected chi connectivity index (χ0v) is 21.1. The molecule has 1 aromatic rings. The Hall–Kier alpha value is -0.330. The van der Waals surface area contributed by atoms with Gasteiger partial charge in [-0.25, -0.2) is 0 Å². The highest BCUT2D eigenvalue weighted by Crippen LogP contribution is 2.63. The van der Waals surface area contributed by atoms with Crippen LogP contribution in [-0.2, 0) is 11.0 Å². The zero-order chi connectivity index (χ0) is 21.0. The van der Waals surface area contributed by atoms with E-state index in [0.29, 0.717) is 0 Å². The monoisotopic (exact) mass is 423 g/mol. The summed E-state index contributed by atoms with van der Waals surface area (Å²) < 4.78 is 0. The van der Waals surface area contributed by atoms with Gasteiger partial charge in [0.2, 0.25) is 0 Å². The van der Waals surface area contributed by atoms with Gasteiger partial charge < -0.3 is 0 Å². The molecule has 1 nitrogen and oxygen atoms in total. The lowest BCUT2D eigenvalue weighted by Gasteiger charge is -2.28. The molecule has 0 N–H and O–H groups in total. The fourth-order valence-corrected chi connectivity index (χ4v) is 9.49. The first kappa shape index (κ1) is 25.7. The van der Waals surface area contributed by atoms with E-state index in [0.717, 1.165) is 11.3 Å². The molecule has 0 saturated heterocycles. The Morgan fingerprint density at radius 1 is 0.857 bits per heavy atom. The predicted octanol–water partition coefficient (Wildman–Crippen LogP) is 8.66. The van der Waals surface area contributed by atoms with Crippen LogP contribution in [0.15, 0.2) is 29.2 Å². The van der Waals surface area contributed by atoms with Crippen LogP contribution in [-0.4, -0.2) is 23.6 Å². The second-order valence-electron chi connectivity index (χ2n) is 9.00. The minimum atomic E-state index is -0.915. The van der Waals surface area contributed by atoms with Crippen LogP contribution < -0.4 is 0 Å². The van der Waals surface area contributed by atoms with Crippen molar-refractivity contribution in [2.24, 2.45) is 5.41 Å². The van der Waals surface area contributed by atoms with Crippen LogP contribution in [0.4, 0.5) is 0 Å². The van der Waals surface area contributed by atoms with Crippen molar-refractivity contribution in [3.63, 3.8) is 0 Å². The Bertz CT molecular complexity index is 543. The Balaban J connectivity index is 2.90. The fourth-order valence-electron chi connectivity index (χ4n) is 3.49. The quantitative estimate of drug-likeness (QED) is 0.220. The van der Waals surface area contributed by atoms with Crippen molar-refractivity contribution in [1.29, 1.82) is 0 Å². The molecule has 0 aromatic heterocycles. The fraction of sp³-hybridized carbons (Fsp3) is 0.720. The summed E-state index contributed by atoms with van der Waals surface area (Å²) in [6.45, 7) is 13.2. The van der Waals surface area contributed by atoms with E-state index in [1.807, 2.05) is 13.8 Å². The molecule has 1 rings (SSSR count). The van der Waals surface area contributed by atoms with Crippen LogP contribution in [0, 0.1) is 5.41 Å². The molecule has 0 unspecified atom stereocenters. The number of hydrogen-bond acceptors (Lipinski definition) is 2. The van der Waals surface area contributed by atoms with Gasteiger partial charge in [0, 0.05) is 17.6 Å². The van der Waals surface area contributed by atoms with Crippen molar-refractivity contribution in [3.05, 3.63) is 29.8 Å². The largest absolute Gasteiger partial charge is 0.286 e. The lowest BCUT2D eigenvalue weighted by atomic mass is 9.92. The summed E-state index contributed by atoms with van der Waals surface area (Å²) >= 11 is 1.41. The van der Waals surface area contributed by atoms with E-state index in [1.165, 1.54) is 80.5 Å². The summed E-state index contributed by atoms with van der Waals surface area (Å²) in [7, 11) is -0.915. The van der Waals surface area contributed by atoms with Gasteiger partial charge >= 0.3 is 0 Å². The van der Waals surface area contributed by atoms with Gasteiger partial charge in [-0.2, -0.15) is 0 Å². The molecule has 0 aliphatic rings. The molecule has 0 saturated carbocycles. The molecule has 0 heterocycles. The highest BCUT2D eigenvalue weighted by molar-refractivity contribution is 8.13. The molecular formula is C25H44OPS+. The SMILES string of the molecule is CCCC[P+](CCCC)(CCCC)Cc1ccc(SC(=O)C(C)(C)CC)cc1. The molecule has 3 heteroatoms. The molecule has 0 bridgehead atoms. The van der Waals surface area contributed by atoms with Gasteiger partial charge in [0.25, 0.3) is 0 Å². The Labute approximate surface area is 180 Å². The normalized spacial score (nSPS) is 12.4. The van der Waals surface area contributed by atoms with E-state index in [2.05, 4.69) is 52.0 Å². The maximum Gasteiger partial charge on any atom is 0.199 e. The van der Waals surface area contributed by atoms with E-state index < -0.39 is 7.26 Å². The third-order valence-corrected chi connectivity index (χ3v) is 12.1. The summed E-state index contributed by atoms with van der Waals surface area (Å²) in [5, 5.41) is 0.276. The summed E-state index contributed by atoms with van der Waals surface area (Å²) in [6, 6.07) is 8.95. The van der Waals surface area contributed by atoms with Gasteiger partial charge in [-0.15, -0.1) is 0 Å². The molecule has 0 amide bonds. The molecule has 0 aliphatic carbocycles. The topological polar surface area (TPSA) is 17.1 Å². The lowest BCUT2D eigenvalue weighted by molar-refractivity contribution is -0.118. The summed E-state index contributed by atoms with van der Waals surface area (Å²) in [5.74, 6) is 0. The van der Waals surface area contributed by atoms with Crippen molar-refractivity contribution in [1.82, 2.24) is 0 Å². The first-order chi connectivity index (χ1) is 13.3. The minimum absolute atomic E-state index is 0.246. The van der Waals surface area contributed by atoms with Crippen molar-refractivity contribution < 1.29 is 4.79 Å². The third kappa shape index (κ3) is 8.58. The molecule has 160 valence electrons. The van der Waals surface area contributed by atoms with E-state index in [4.69, 9.17) is 0 Å². The molecule has 0 aliphatic heterocycles. The maximum atomic E-state index is 12.5. The summed E-state index contributed by atoms with van der Waals surface area (Å²) in [6.07, 6.45) is 14.7. The van der Waals surface area contributed by atoms with Crippen LogP contribution >= 0.6 is 19.0 Å². The summed E-state index contributed by atoms with van der Waals surface area (Å²) in [5.41, 5.74) is 1.24. The highest BCUT2D eigenvalue weighted by Gasteiger charge is 2.35. The number of rotatable bonds is 14. The number of carbonyl (C=O) groups excluding carboxylic acids is 1. The molecule has 0 spiro atoms. The van der Waals surface area contributed by atoms with Crippen molar-refractivity contribution in [3.8, 4) is 0 Å². The van der Waals surface area contributed by atoms with E-state index in [1.54, 1.807) is 0 Å². The highest BCUT2D eigenvalue weighted by atomic mass is 32.2. The molecule has 28 heavy (non-hydrogen) atoms. The first-order valence-electron chi connectivity index (χ1n) is 11.5. The second kappa shape index (κ2) is 13.1. The average Bonchev–Trinajstić information content (AvgIpc) is 2.70. The predicted molar refractivity (Wildman–Crippen MR) is 131 cm³/mol. The number of carbonyl (C=O) groups is 1. The number of benzene rings is 1. The maximum absolute atomic E-state index is 12.5. The van der Waals surface area contributed by atoms with Crippen molar-refractivity contribution in [2.45, 2.75) is 97.5 Å². The third-order valence-electron chi connectivity index (χ3n) is 6.05. The Morgan fingerprint density at radius 3 is 1.71 bits per heavy atom. The molecule has 0 fully saturated rings. The molecule has 1 aromatic carbocycles. The van der Waals surface area contributed by atoms with Crippen LogP contribution in [0.5, 0.6) is 0 Å². The number of unbranched alkanes of at least 4 members (excludes halogenated alkanes) is 3. The van der Waals surface area contributed by atoms with Crippen molar-refractivity contribution >= 4 is 24.1 Å². The second-order valence-corrected chi connectivity index (χ2v) is 14.4. The molecular weight excluding hydrogens is 379 g/mol. The van der Waals surface area contributed by atoms with Gasteiger partial charge in [0.05, 0.1) is 24.6 Å². The average molecular weight is 424 g/mol. The van der Waals surface area contributed by atoms with Crippen LogP contribution in [0.2, 0.25) is 0 Å². The first-order valence-corrected chi connectivity index (χ1v) is 14.8. The van der Waals surface area contributed by atoms with Gasteiger partial charge in [0.15, 0.2) is 5.12 Å². The smallest absolute Gasteiger partial charge is 0.199 e.